The zero-order valence-corrected chi connectivity index (χ0v) is 12.5. The zero-order valence-electron chi connectivity index (χ0n) is 11.7. The molecule has 3 rings (SSSR count). The predicted octanol–water partition coefficient (Wildman–Crippen LogP) is 2.12. The van der Waals surface area contributed by atoms with E-state index in [-0.39, 0.29) is 17.9 Å². The van der Waals surface area contributed by atoms with E-state index in [2.05, 4.69) is 10.3 Å². The Kier molecular flexibility index (Phi) is 3.55. The van der Waals surface area contributed by atoms with Crippen molar-refractivity contribution in [2.24, 2.45) is 4.99 Å². The Bertz CT molecular complexity index is 694. The van der Waals surface area contributed by atoms with Gasteiger partial charge in [0.25, 0.3) is 5.91 Å². The minimum absolute atomic E-state index is 0.195. The highest BCUT2D eigenvalue weighted by Gasteiger charge is 2.23. The molecule has 2 aliphatic heterocycles. The second-order valence-corrected chi connectivity index (χ2v) is 6.04. The third-order valence-corrected chi connectivity index (χ3v) is 4.02. The standard InChI is InChI=1S/C15H14N2O3S/c1-8-5-11-6-10(3-4-12(11)20-8)7-13-14(19)17-15(21-13)16-9(2)18/h3-4,6-8H,5H2,1-2H3,(H,16,17,18,19)/b13-7+/t8-/m0/s1. The lowest BCUT2D eigenvalue weighted by atomic mass is 10.1. The number of rotatable bonds is 1. The second kappa shape index (κ2) is 5.37. The van der Waals surface area contributed by atoms with Crippen molar-refractivity contribution in [3.63, 3.8) is 0 Å². The van der Waals surface area contributed by atoms with Gasteiger partial charge >= 0.3 is 0 Å². The molecule has 6 heteroatoms. The van der Waals surface area contributed by atoms with Crippen LogP contribution in [0.1, 0.15) is 25.0 Å². The first-order chi connectivity index (χ1) is 10.0. The molecule has 0 aliphatic carbocycles. The minimum Gasteiger partial charge on any atom is -0.490 e. The van der Waals surface area contributed by atoms with Crippen molar-refractivity contribution in [2.75, 3.05) is 0 Å². The number of carbonyl (C=O) groups excluding carboxylic acids is 2. The Morgan fingerprint density at radius 1 is 1.52 bits per heavy atom. The lowest BCUT2D eigenvalue weighted by Gasteiger charge is -2.02. The number of aliphatic imine (C=N–C) groups is 1. The van der Waals surface area contributed by atoms with Crippen LogP contribution >= 0.6 is 11.8 Å². The number of hydrogen-bond donors (Lipinski definition) is 1. The van der Waals surface area contributed by atoms with Gasteiger partial charge in [0.2, 0.25) is 5.91 Å². The van der Waals surface area contributed by atoms with Crippen LogP contribution in [-0.4, -0.2) is 23.1 Å². The molecule has 1 aromatic rings. The molecule has 2 aliphatic rings. The summed E-state index contributed by atoms with van der Waals surface area (Å²) in [5.74, 6) is 0.345. The number of ether oxygens (including phenoxy) is 1. The highest BCUT2D eigenvalue weighted by molar-refractivity contribution is 8.18. The molecule has 21 heavy (non-hydrogen) atoms. The number of amides is 2. The third kappa shape index (κ3) is 3.00. The summed E-state index contributed by atoms with van der Waals surface area (Å²) in [4.78, 5) is 27.1. The summed E-state index contributed by atoms with van der Waals surface area (Å²) in [6.07, 6.45) is 2.86. The molecule has 1 N–H and O–H groups in total. The predicted molar refractivity (Wildman–Crippen MR) is 82.1 cm³/mol. The van der Waals surface area contributed by atoms with Crippen LogP contribution in [0.3, 0.4) is 0 Å². The van der Waals surface area contributed by atoms with Gasteiger partial charge in [0.15, 0.2) is 5.17 Å². The minimum atomic E-state index is -0.325. The van der Waals surface area contributed by atoms with Gasteiger partial charge in [-0.15, -0.1) is 0 Å². The first kappa shape index (κ1) is 13.9. The molecular formula is C15H14N2O3S. The van der Waals surface area contributed by atoms with Crippen LogP contribution in [0.2, 0.25) is 0 Å². The lowest BCUT2D eigenvalue weighted by Crippen LogP contribution is -2.23. The van der Waals surface area contributed by atoms with Crippen LogP contribution in [0, 0.1) is 0 Å². The molecule has 1 aromatic carbocycles. The van der Waals surface area contributed by atoms with Crippen molar-refractivity contribution >= 4 is 34.8 Å². The average Bonchev–Trinajstić information content (AvgIpc) is 2.91. The summed E-state index contributed by atoms with van der Waals surface area (Å²) in [7, 11) is 0. The maximum Gasteiger partial charge on any atom is 0.286 e. The molecule has 0 spiro atoms. The number of carbonyl (C=O) groups is 2. The molecule has 0 saturated carbocycles. The van der Waals surface area contributed by atoms with Gasteiger partial charge in [-0.3, -0.25) is 9.59 Å². The van der Waals surface area contributed by atoms with Crippen molar-refractivity contribution in [3.8, 4) is 5.75 Å². The zero-order chi connectivity index (χ0) is 15.0. The first-order valence-corrected chi connectivity index (χ1v) is 7.42. The second-order valence-electron chi connectivity index (χ2n) is 5.01. The Morgan fingerprint density at radius 2 is 2.33 bits per heavy atom. The van der Waals surface area contributed by atoms with Crippen molar-refractivity contribution in [2.45, 2.75) is 26.4 Å². The molecule has 0 radical (unpaired) electrons. The van der Waals surface area contributed by atoms with Gasteiger partial charge in [0, 0.05) is 13.3 Å². The SMILES string of the molecule is CC(=O)NC1=NC(=O)/C(=C\c2ccc3c(c2)C[C@H](C)O3)S1. The topological polar surface area (TPSA) is 67.8 Å². The van der Waals surface area contributed by atoms with E-state index in [0.29, 0.717) is 10.1 Å². The van der Waals surface area contributed by atoms with E-state index >= 15 is 0 Å². The number of nitrogens with zero attached hydrogens (tertiary/aromatic N) is 1. The van der Waals surface area contributed by atoms with Crippen LogP contribution in [0.4, 0.5) is 0 Å². The molecule has 108 valence electrons. The van der Waals surface area contributed by atoms with Crippen molar-refractivity contribution < 1.29 is 14.3 Å². The van der Waals surface area contributed by atoms with Crippen LogP contribution in [-0.2, 0) is 16.0 Å². The summed E-state index contributed by atoms with van der Waals surface area (Å²) in [5, 5.41) is 2.86. The molecule has 1 atom stereocenters. The van der Waals surface area contributed by atoms with Crippen LogP contribution in [0.25, 0.3) is 6.08 Å². The van der Waals surface area contributed by atoms with Gasteiger partial charge in [0.05, 0.1) is 4.91 Å². The maximum atomic E-state index is 11.8. The van der Waals surface area contributed by atoms with E-state index in [1.54, 1.807) is 6.08 Å². The van der Waals surface area contributed by atoms with Gasteiger partial charge in [-0.2, -0.15) is 4.99 Å². The summed E-state index contributed by atoms with van der Waals surface area (Å²) in [6.45, 7) is 3.42. The summed E-state index contributed by atoms with van der Waals surface area (Å²) in [5.41, 5.74) is 2.08. The van der Waals surface area contributed by atoms with E-state index in [1.807, 2.05) is 25.1 Å². The summed E-state index contributed by atoms with van der Waals surface area (Å²) < 4.78 is 5.65. The van der Waals surface area contributed by atoms with Gasteiger partial charge in [-0.05, 0) is 48.0 Å². The van der Waals surface area contributed by atoms with Gasteiger partial charge in [0.1, 0.15) is 11.9 Å². The van der Waals surface area contributed by atoms with E-state index < -0.39 is 0 Å². The van der Waals surface area contributed by atoms with Crippen molar-refractivity contribution in [1.29, 1.82) is 0 Å². The third-order valence-electron chi connectivity index (χ3n) is 3.12. The van der Waals surface area contributed by atoms with E-state index in [0.717, 1.165) is 23.3 Å². The van der Waals surface area contributed by atoms with Gasteiger partial charge in [-0.25, -0.2) is 0 Å². The van der Waals surface area contributed by atoms with Crippen molar-refractivity contribution in [1.82, 2.24) is 5.32 Å². The lowest BCUT2D eigenvalue weighted by molar-refractivity contribution is -0.117. The Hall–Kier alpha value is -2.08. The molecule has 5 nitrogen and oxygen atoms in total. The van der Waals surface area contributed by atoms with E-state index in [1.165, 1.54) is 18.7 Å². The smallest absolute Gasteiger partial charge is 0.286 e. The molecule has 2 amide bonds. The Morgan fingerprint density at radius 3 is 3.10 bits per heavy atom. The number of amidine groups is 1. The molecule has 0 unspecified atom stereocenters. The molecule has 0 bridgehead atoms. The van der Waals surface area contributed by atoms with Crippen LogP contribution in [0.15, 0.2) is 28.1 Å². The fourth-order valence-corrected chi connectivity index (χ4v) is 3.16. The fraction of sp³-hybridized carbons (Fsp3) is 0.267. The van der Waals surface area contributed by atoms with Crippen molar-refractivity contribution in [3.05, 3.63) is 34.2 Å². The largest absolute Gasteiger partial charge is 0.490 e. The van der Waals surface area contributed by atoms with Crippen LogP contribution < -0.4 is 10.1 Å². The molecule has 2 heterocycles. The summed E-state index contributed by atoms with van der Waals surface area (Å²) >= 11 is 1.17. The van der Waals surface area contributed by atoms with E-state index in [9.17, 15) is 9.59 Å². The van der Waals surface area contributed by atoms with Gasteiger partial charge in [-0.1, -0.05) is 6.07 Å². The van der Waals surface area contributed by atoms with Gasteiger partial charge < -0.3 is 10.1 Å². The number of nitrogens with one attached hydrogen (secondary N) is 1. The van der Waals surface area contributed by atoms with Crippen LogP contribution in [0.5, 0.6) is 5.75 Å². The fourth-order valence-electron chi connectivity index (χ4n) is 2.30. The summed E-state index contributed by atoms with van der Waals surface area (Å²) in [6, 6.07) is 5.86. The normalized spacial score (nSPS) is 22.0. The maximum absolute atomic E-state index is 11.8. The molecular weight excluding hydrogens is 288 g/mol. The number of thioether (sulfide) groups is 1. The number of benzene rings is 1. The number of fused-ring (bicyclic) bond motifs is 1. The molecule has 0 saturated heterocycles. The number of hydrogen-bond acceptors (Lipinski definition) is 4. The average molecular weight is 302 g/mol. The Balaban J connectivity index is 1.79. The quantitative estimate of drug-likeness (QED) is 0.807. The molecule has 0 aromatic heterocycles. The molecule has 0 fully saturated rings. The Labute approximate surface area is 126 Å². The van der Waals surface area contributed by atoms with E-state index in [4.69, 9.17) is 4.74 Å². The monoisotopic (exact) mass is 302 g/mol. The highest BCUT2D eigenvalue weighted by Crippen LogP contribution is 2.32. The highest BCUT2D eigenvalue weighted by atomic mass is 32.2. The first-order valence-electron chi connectivity index (χ1n) is 6.61.